The fourth-order valence-electron chi connectivity index (χ4n) is 4.70. The third kappa shape index (κ3) is 6.50. The van der Waals surface area contributed by atoms with Crippen LogP contribution in [0.2, 0.25) is 0 Å². The highest BCUT2D eigenvalue weighted by molar-refractivity contribution is 5.70. The molecular weight excluding hydrogens is 472 g/mol. The van der Waals surface area contributed by atoms with Crippen LogP contribution in [0.4, 0.5) is 0 Å². The molecule has 0 N–H and O–H groups in total. The van der Waals surface area contributed by atoms with Crippen LogP contribution in [0.25, 0.3) is 0 Å². The molecule has 1 aromatic heterocycles. The molecule has 1 unspecified atom stereocenters. The van der Waals surface area contributed by atoms with Crippen molar-refractivity contribution >= 4 is 5.97 Å². The summed E-state index contributed by atoms with van der Waals surface area (Å²) in [6, 6.07) is 13.6. The van der Waals surface area contributed by atoms with Gasteiger partial charge in [-0.2, -0.15) is 0 Å². The zero-order valence-electron chi connectivity index (χ0n) is 21.7. The van der Waals surface area contributed by atoms with Crippen molar-refractivity contribution in [1.29, 1.82) is 0 Å². The van der Waals surface area contributed by atoms with Gasteiger partial charge in [-0.05, 0) is 67.0 Å². The second kappa shape index (κ2) is 12.0. The lowest BCUT2D eigenvalue weighted by Gasteiger charge is -2.18. The van der Waals surface area contributed by atoms with E-state index >= 15 is 0 Å². The van der Waals surface area contributed by atoms with Gasteiger partial charge in [0.1, 0.15) is 18.1 Å². The van der Waals surface area contributed by atoms with Crippen LogP contribution in [-0.2, 0) is 36.0 Å². The molecule has 4 rings (SSSR count). The van der Waals surface area contributed by atoms with Crippen LogP contribution in [0.1, 0.15) is 47.9 Å². The number of ether oxygens (including phenoxy) is 3. The van der Waals surface area contributed by atoms with E-state index in [2.05, 4.69) is 18.2 Å². The van der Waals surface area contributed by atoms with Crippen LogP contribution in [0.5, 0.6) is 11.5 Å². The number of esters is 1. The molecule has 0 amide bonds. The van der Waals surface area contributed by atoms with E-state index in [9.17, 15) is 14.4 Å². The maximum absolute atomic E-state index is 12.3. The van der Waals surface area contributed by atoms with Crippen LogP contribution in [0, 0.1) is 6.92 Å². The minimum Gasteiger partial charge on any atom is -0.493 e. The molecule has 2 aromatic carbocycles. The maximum Gasteiger partial charge on any atom is 0.330 e. The van der Waals surface area contributed by atoms with Crippen molar-refractivity contribution in [2.45, 2.75) is 52.0 Å². The first kappa shape index (κ1) is 26.3. The number of hydrogen-bond donors (Lipinski definition) is 0. The number of nitrogens with zero attached hydrogens (tertiary/aromatic N) is 2. The largest absolute Gasteiger partial charge is 0.493 e. The average Bonchev–Trinajstić information content (AvgIpc) is 3.35. The van der Waals surface area contributed by atoms with Crippen molar-refractivity contribution in [3.63, 3.8) is 0 Å². The smallest absolute Gasteiger partial charge is 0.330 e. The molecule has 0 fully saturated rings. The number of fused-ring (bicyclic) bond motifs is 1. The predicted molar refractivity (Wildman–Crippen MR) is 141 cm³/mol. The first-order chi connectivity index (χ1) is 17.9. The first-order valence-electron chi connectivity index (χ1n) is 12.8. The van der Waals surface area contributed by atoms with Gasteiger partial charge in [-0.1, -0.05) is 24.3 Å². The molecule has 1 aliphatic heterocycles. The molecule has 8 nitrogen and oxygen atoms in total. The van der Waals surface area contributed by atoms with E-state index in [0.29, 0.717) is 25.4 Å². The second-order valence-electron chi connectivity index (χ2n) is 9.36. The summed E-state index contributed by atoms with van der Waals surface area (Å²) in [5, 5.41) is 0. The topological polar surface area (TPSA) is 88.8 Å². The Morgan fingerprint density at radius 1 is 1.14 bits per heavy atom. The normalized spacial score (nSPS) is 13.1. The van der Waals surface area contributed by atoms with Gasteiger partial charge >= 0.3 is 11.7 Å². The number of aryl methyl sites for hydroxylation is 3. The molecule has 196 valence electrons. The Hall–Kier alpha value is -3.81. The van der Waals surface area contributed by atoms with E-state index in [-0.39, 0.29) is 36.3 Å². The molecule has 8 heteroatoms. The summed E-state index contributed by atoms with van der Waals surface area (Å²) in [6.07, 6.45) is 4.29. The zero-order chi connectivity index (χ0) is 26.4. The van der Waals surface area contributed by atoms with E-state index < -0.39 is 0 Å². The van der Waals surface area contributed by atoms with Gasteiger partial charge in [0.25, 0.3) is 5.56 Å². The van der Waals surface area contributed by atoms with E-state index in [4.69, 9.17) is 14.2 Å². The standard InChI is InChI=1S/C29H34N2O6/c1-4-35-28(33)19-23(22-8-10-26-24(18-22)12-15-36-26)7-5-21-6-9-25(20(2)17-21)37-16-14-31-27(32)11-13-30(3)29(31)34/h6,8-11,13,17-18,23H,4-5,7,12,14-16,19H2,1-3H3. The summed E-state index contributed by atoms with van der Waals surface area (Å²) in [5.74, 6) is 1.51. The van der Waals surface area contributed by atoms with Crippen LogP contribution in [0.3, 0.4) is 0 Å². The van der Waals surface area contributed by atoms with E-state index in [0.717, 1.165) is 41.7 Å². The van der Waals surface area contributed by atoms with Gasteiger partial charge in [-0.15, -0.1) is 0 Å². The summed E-state index contributed by atoms with van der Waals surface area (Å²) < 4.78 is 19.3. The number of aromatic nitrogens is 2. The number of benzene rings is 2. The average molecular weight is 507 g/mol. The van der Waals surface area contributed by atoms with Gasteiger partial charge < -0.3 is 18.8 Å². The van der Waals surface area contributed by atoms with Gasteiger partial charge in [0.15, 0.2) is 0 Å². The van der Waals surface area contributed by atoms with E-state index in [1.807, 2.05) is 32.0 Å². The molecule has 1 atom stereocenters. The quantitative estimate of drug-likeness (QED) is 0.370. The minimum absolute atomic E-state index is 0.0491. The van der Waals surface area contributed by atoms with Crippen molar-refractivity contribution in [3.8, 4) is 11.5 Å². The lowest BCUT2D eigenvalue weighted by Crippen LogP contribution is -2.39. The third-order valence-corrected chi connectivity index (χ3v) is 6.74. The minimum atomic E-state index is -0.364. The molecule has 0 saturated carbocycles. The van der Waals surface area contributed by atoms with Crippen LogP contribution in [0.15, 0.2) is 58.3 Å². The second-order valence-corrected chi connectivity index (χ2v) is 9.36. The summed E-state index contributed by atoms with van der Waals surface area (Å²) in [5.41, 5.74) is 3.75. The number of carbonyl (C=O) groups is 1. The highest BCUT2D eigenvalue weighted by Crippen LogP contribution is 2.33. The summed E-state index contributed by atoms with van der Waals surface area (Å²) >= 11 is 0. The van der Waals surface area contributed by atoms with Gasteiger partial charge in [0.2, 0.25) is 0 Å². The highest BCUT2D eigenvalue weighted by Gasteiger charge is 2.20. The monoisotopic (exact) mass is 506 g/mol. The molecule has 0 bridgehead atoms. The number of rotatable bonds is 11. The van der Waals surface area contributed by atoms with Crippen LogP contribution in [-0.4, -0.2) is 34.9 Å². The molecule has 0 aliphatic carbocycles. The fraction of sp³-hybridized carbons (Fsp3) is 0.414. The van der Waals surface area contributed by atoms with Crippen molar-refractivity contribution < 1.29 is 19.0 Å². The van der Waals surface area contributed by atoms with Crippen LogP contribution < -0.4 is 20.7 Å². The van der Waals surface area contributed by atoms with Crippen LogP contribution >= 0.6 is 0 Å². The van der Waals surface area contributed by atoms with Gasteiger partial charge in [0, 0.05) is 25.7 Å². The van der Waals surface area contributed by atoms with Crippen molar-refractivity contribution in [3.05, 3.63) is 91.8 Å². The summed E-state index contributed by atoms with van der Waals surface area (Å²) in [4.78, 5) is 36.5. The van der Waals surface area contributed by atoms with Gasteiger partial charge in [-0.3, -0.25) is 14.2 Å². The Morgan fingerprint density at radius 3 is 2.76 bits per heavy atom. The fourth-order valence-corrected chi connectivity index (χ4v) is 4.70. The Morgan fingerprint density at radius 2 is 1.97 bits per heavy atom. The number of carbonyl (C=O) groups excluding carboxylic acids is 1. The van der Waals surface area contributed by atoms with Crippen molar-refractivity contribution in [2.75, 3.05) is 19.8 Å². The maximum atomic E-state index is 12.3. The molecule has 3 aromatic rings. The van der Waals surface area contributed by atoms with E-state index in [1.165, 1.54) is 27.0 Å². The zero-order valence-corrected chi connectivity index (χ0v) is 21.7. The lowest BCUT2D eigenvalue weighted by atomic mass is 9.88. The molecule has 0 saturated heterocycles. The van der Waals surface area contributed by atoms with Gasteiger partial charge in [0.05, 0.1) is 26.2 Å². The molecular formula is C29H34N2O6. The van der Waals surface area contributed by atoms with E-state index in [1.54, 1.807) is 7.05 Å². The third-order valence-electron chi connectivity index (χ3n) is 6.74. The van der Waals surface area contributed by atoms with Crippen molar-refractivity contribution in [2.24, 2.45) is 7.05 Å². The predicted octanol–water partition coefficient (Wildman–Crippen LogP) is 3.54. The molecule has 0 spiro atoms. The first-order valence-corrected chi connectivity index (χ1v) is 12.8. The Balaban J connectivity index is 1.40. The SMILES string of the molecule is CCOC(=O)CC(CCc1ccc(OCCn2c(=O)ccn(C)c2=O)c(C)c1)c1ccc2c(c1)CCO2. The Kier molecular flexibility index (Phi) is 8.48. The molecule has 0 radical (unpaired) electrons. The number of hydrogen-bond acceptors (Lipinski definition) is 6. The van der Waals surface area contributed by atoms with Gasteiger partial charge in [-0.25, -0.2) is 4.79 Å². The molecule has 2 heterocycles. The Bertz CT molecular complexity index is 1370. The lowest BCUT2D eigenvalue weighted by molar-refractivity contribution is -0.143. The summed E-state index contributed by atoms with van der Waals surface area (Å²) in [7, 11) is 1.61. The summed E-state index contributed by atoms with van der Waals surface area (Å²) in [6.45, 7) is 5.26. The highest BCUT2D eigenvalue weighted by atomic mass is 16.5. The molecule has 1 aliphatic rings. The molecule has 37 heavy (non-hydrogen) atoms. The van der Waals surface area contributed by atoms with Crippen molar-refractivity contribution in [1.82, 2.24) is 9.13 Å². The Labute approximate surface area is 216 Å².